The van der Waals surface area contributed by atoms with E-state index in [0.29, 0.717) is 5.96 Å². The molecule has 2 aromatic carbocycles. The van der Waals surface area contributed by atoms with Crippen LogP contribution in [0.4, 0.5) is 5.69 Å². The van der Waals surface area contributed by atoms with E-state index in [-0.39, 0.29) is 6.04 Å². The van der Waals surface area contributed by atoms with Gasteiger partial charge in [-0.05, 0) is 36.6 Å². The Hall–Kier alpha value is -2.29. The van der Waals surface area contributed by atoms with Gasteiger partial charge in [-0.3, -0.25) is 0 Å². The van der Waals surface area contributed by atoms with Crippen LogP contribution >= 0.6 is 0 Å². The van der Waals surface area contributed by atoms with Gasteiger partial charge >= 0.3 is 0 Å². The van der Waals surface area contributed by atoms with Crippen LogP contribution in [0.25, 0.3) is 0 Å². The molecule has 2 aromatic rings. The van der Waals surface area contributed by atoms with Crippen LogP contribution in [-0.4, -0.2) is 10.9 Å². The molecule has 1 unspecified atom stereocenters. The summed E-state index contributed by atoms with van der Waals surface area (Å²) in [5.74, 6) is 0.597. The van der Waals surface area contributed by atoms with Crippen LogP contribution in [0.1, 0.15) is 29.7 Å². The lowest BCUT2D eigenvalue weighted by molar-refractivity contribution is 0.320. The highest BCUT2D eigenvalue weighted by molar-refractivity contribution is 5.84. The van der Waals surface area contributed by atoms with Crippen molar-refractivity contribution in [2.45, 2.75) is 26.4 Å². The molecule has 1 aliphatic rings. The first-order chi connectivity index (χ1) is 9.66. The first-order valence-corrected chi connectivity index (χ1v) is 6.91. The molecule has 0 spiro atoms. The summed E-state index contributed by atoms with van der Waals surface area (Å²) in [4.78, 5) is 6.68. The number of hydrogen-bond donors (Lipinski definition) is 1. The third kappa shape index (κ3) is 2.16. The maximum absolute atomic E-state index is 6.16. The third-order valence-corrected chi connectivity index (χ3v) is 3.97. The molecule has 0 radical (unpaired) electrons. The third-order valence-electron chi connectivity index (χ3n) is 3.97. The molecule has 0 aromatic heterocycles. The van der Waals surface area contributed by atoms with Gasteiger partial charge in [-0.15, -0.1) is 0 Å². The van der Waals surface area contributed by atoms with Crippen molar-refractivity contribution in [3.8, 4) is 0 Å². The van der Waals surface area contributed by atoms with E-state index in [2.05, 4.69) is 54.1 Å². The van der Waals surface area contributed by atoms with Gasteiger partial charge in [-0.1, -0.05) is 42.5 Å². The second kappa shape index (κ2) is 5.00. The number of para-hydroxylation sites is 1. The highest BCUT2D eigenvalue weighted by Gasteiger charge is 2.23. The van der Waals surface area contributed by atoms with Crippen LogP contribution in [0.3, 0.4) is 0 Å². The van der Waals surface area contributed by atoms with Gasteiger partial charge in [-0.2, -0.15) is 0 Å². The number of guanidine groups is 1. The summed E-state index contributed by atoms with van der Waals surface area (Å²) in [5.41, 5.74) is 10.9. The molecule has 3 heteroatoms. The van der Waals surface area contributed by atoms with E-state index in [9.17, 15) is 0 Å². The average Bonchev–Trinajstić information content (AvgIpc) is 2.46. The molecule has 0 bridgehead atoms. The minimum atomic E-state index is 0.216. The summed E-state index contributed by atoms with van der Waals surface area (Å²) in [6.07, 6.45) is 0. The zero-order chi connectivity index (χ0) is 14.1. The number of benzene rings is 2. The fraction of sp³-hybridized carbons (Fsp3) is 0.235. The fourth-order valence-corrected chi connectivity index (χ4v) is 2.76. The molecule has 1 aliphatic heterocycles. The number of aryl methyl sites for hydroxylation is 1. The van der Waals surface area contributed by atoms with E-state index in [1.165, 1.54) is 16.7 Å². The Morgan fingerprint density at radius 3 is 2.60 bits per heavy atom. The zero-order valence-electron chi connectivity index (χ0n) is 11.9. The van der Waals surface area contributed by atoms with Crippen LogP contribution in [0.2, 0.25) is 0 Å². The van der Waals surface area contributed by atoms with Crippen LogP contribution < -0.4 is 5.73 Å². The Morgan fingerprint density at radius 1 is 1.10 bits per heavy atom. The van der Waals surface area contributed by atoms with Gasteiger partial charge < -0.3 is 10.6 Å². The molecule has 3 nitrogen and oxygen atoms in total. The first-order valence-electron chi connectivity index (χ1n) is 6.91. The molecule has 0 saturated heterocycles. The maximum atomic E-state index is 6.16. The van der Waals surface area contributed by atoms with Crippen molar-refractivity contribution in [1.82, 2.24) is 4.90 Å². The number of nitrogens with two attached hydrogens (primary N) is 1. The summed E-state index contributed by atoms with van der Waals surface area (Å²) in [6, 6.07) is 16.8. The van der Waals surface area contributed by atoms with Crippen molar-refractivity contribution in [3.63, 3.8) is 0 Å². The van der Waals surface area contributed by atoms with Gasteiger partial charge in [0.15, 0.2) is 5.96 Å². The molecule has 2 N–H and O–H groups in total. The van der Waals surface area contributed by atoms with Crippen molar-refractivity contribution in [1.29, 1.82) is 0 Å². The topological polar surface area (TPSA) is 41.6 Å². The normalized spacial score (nSPS) is 15.5. The Kier molecular flexibility index (Phi) is 3.18. The minimum Gasteiger partial charge on any atom is -0.369 e. The van der Waals surface area contributed by atoms with E-state index < -0.39 is 0 Å². The average molecular weight is 265 g/mol. The lowest BCUT2D eigenvalue weighted by Crippen LogP contribution is -2.40. The Balaban J connectivity index is 1.95. The molecule has 102 valence electrons. The largest absolute Gasteiger partial charge is 0.369 e. The van der Waals surface area contributed by atoms with E-state index in [1.54, 1.807) is 0 Å². The summed E-state index contributed by atoms with van der Waals surface area (Å²) < 4.78 is 0. The van der Waals surface area contributed by atoms with Crippen molar-refractivity contribution in [2.24, 2.45) is 10.7 Å². The number of hydrogen-bond acceptors (Lipinski definition) is 3. The van der Waals surface area contributed by atoms with Gasteiger partial charge in [0, 0.05) is 6.54 Å². The zero-order valence-corrected chi connectivity index (χ0v) is 11.9. The van der Waals surface area contributed by atoms with Gasteiger partial charge in [0.05, 0.1) is 11.7 Å². The molecule has 0 amide bonds. The van der Waals surface area contributed by atoms with Gasteiger partial charge in [0.1, 0.15) is 0 Å². The molecular formula is C17H19N3. The van der Waals surface area contributed by atoms with Crippen LogP contribution in [-0.2, 0) is 6.54 Å². The van der Waals surface area contributed by atoms with Crippen molar-refractivity contribution < 1.29 is 0 Å². The second-order valence-corrected chi connectivity index (χ2v) is 5.26. The number of fused-ring (bicyclic) bond motifs is 1. The van der Waals surface area contributed by atoms with E-state index in [4.69, 9.17) is 5.73 Å². The van der Waals surface area contributed by atoms with E-state index in [0.717, 1.165) is 12.2 Å². The summed E-state index contributed by atoms with van der Waals surface area (Å²) in [7, 11) is 0. The minimum absolute atomic E-state index is 0.216. The highest BCUT2D eigenvalue weighted by Crippen LogP contribution is 2.31. The number of aliphatic imine (C=N–C) groups is 1. The van der Waals surface area contributed by atoms with Crippen molar-refractivity contribution >= 4 is 11.6 Å². The smallest absolute Gasteiger partial charge is 0.197 e. The standard InChI is InChI=1S/C17H19N3/c1-12-7-3-5-9-15(12)13(2)20-11-14-8-4-6-10-16(14)19-17(20)18/h3-10,13H,11H2,1-2H3,(H2,18,19). The van der Waals surface area contributed by atoms with Gasteiger partial charge in [-0.25, -0.2) is 4.99 Å². The molecule has 0 aliphatic carbocycles. The number of rotatable bonds is 2. The molecule has 1 atom stereocenters. The van der Waals surface area contributed by atoms with Crippen molar-refractivity contribution in [3.05, 3.63) is 65.2 Å². The maximum Gasteiger partial charge on any atom is 0.197 e. The van der Waals surface area contributed by atoms with Gasteiger partial charge in [0.25, 0.3) is 0 Å². The summed E-state index contributed by atoms with van der Waals surface area (Å²) in [5, 5.41) is 0. The van der Waals surface area contributed by atoms with Crippen molar-refractivity contribution in [2.75, 3.05) is 0 Å². The number of nitrogens with zero attached hydrogens (tertiary/aromatic N) is 2. The molecule has 20 heavy (non-hydrogen) atoms. The molecule has 0 fully saturated rings. The SMILES string of the molecule is Cc1ccccc1C(C)N1Cc2ccccc2N=C1N. The molecule has 3 rings (SSSR count). The predicted molar refractivity (Wildman–Crippen MR) is 82.9 cm³/mol. The summed E-state index contributed by atoms with van der Waals surface area (Å²) in [6.45, 7) is 5.12. The predicted octanol–water partition coefficient (Wildman–Crippen LogP) is 3.52. The molecule has 0 saturated carbocycles. The van der Waals surface area contributed by atoms with E-state index >= 15 is 0 Å². The van der Waals surface area contributed by atoms with Crippen LogP contribution in [0.5, 0.6) is 0 Å². The lowest BCUT2D eigenvalue weighted by atomic mass is 10.0. The second-order valence-electron chi connectivity index (χ2n) is 5.26. The quantitative estimate of drug-likeness (QED) is 0.902. The lowest BCUT2D eigenvalue weighted by Gasteiger charge is -2.34. The van der Waals surface area contributed by atoms with Gasteiger partial charge in [0.2, 0.25) is 0 Å². The Bertz CT molecular complexity index is 661. The van der Waals surface area contributed by atoms with E-state index in [1.807, 2.05) is 18.2 Å². The molecular weight excluding hydrogens is 246 g/mol. The Morgan fingerprint density at radius 2 is 1.80 bits per heavy atom. The summed E-state index contributed by atoms with van der Waals surface area (Å²) >= 11 is 0. The van der Waals surface area contributed by atoms with Crippen LogP contribution in [0.15, 0.2) is 53.5 Å². The molecule has 1 heterocycles. The monoisotopic (exact) mass is 265 g/mol. The first kappa shape index (κ1) is 12.7. The van der Waals surface area contributed by atoms with Crippen LogP contribution in [0, 0.1) is 6.92 Å². The Labute approximate surface area is 119 Å². The highest BCUT2D eigenvalue weighted by atomic mass is 15.3. The fourth-order valence-electron chi connectivity index (χ4n) is 2.76.